The van der Waals surface area contributed by atoms with Crippen molar-refractivity contribution >= 4 is 32.6 Å². The summed E-state index contributed by atoms with van der Waals surface area (Å²) in [6.07, 6.45) is 11.6. The van der Waals surface area contributed by atoms with E-state index in [1.54, 1.807) is 12.1 Å². The number of nitriles is 1. The van der Waals surface area contributed by atoms with E-state index in [1.165, 1.54) is 5.56 Å². The molecule has 0 aromatic heterocycles. The van der Waals surface area contributed by atoms with E-state index in [9.17, 15) is 13.7 Å². The van der Waals surface area contributed by atoms with Gasteiger partial charge in [0.1, 0.15) is 0 Å². The van der Waals surface area contributed by atoms with Crippen LogP contribution in [0.5, 0.6) is 0 Å². The minimum atomic E-state index is -3.63. The number of hydrogen-bond acceptors (Lipinski definition) is 4. The smallest absolute Gasteiger partial charge is 0.203 e. The second kappa shape index (κ2) is 11.3. The van der Waals surface area contributed by atoms with Crippen molar-refractivity contribution in [3.05, 3.63) is 146 Å². The second-order valence-corrected chi connectivity index (χ2v) is 12.9. The maximum absolute atomic E-state index is 13.7. The van der Waals surface area contributed by atoms with Crippen molar-refractivity contribution in [1.29, 1.82) is 5.26 Å². The molecule has 0 bridgehead atoms. The van der Waals surface area contributed by atoms with Crippen LogP contribution < -0.4 is 15.8 Å². The Hall–Kier alpha value is -4.66. The maximum atomic E-state index is 13.7. The third-order valence-electron chi connectivity index (χ3n) is 8.25. The fourth-order valence-corrected chi connectivity index (χ4v) is 8.02. The summed E-state index contributed by atoms with van der Waals surface area (Å²) in [6, 6.07) is 29.8. The molecule has 2 aliphatic carbocycles. The van der Waals surface area contributed by atoms with E-state index in [4.69, 9.17) is 0 Å². The van der Waals surface area contributed by atoms with Crippen LogP contribution in [0.4, 0.5) is 5.69 Å². The van der Waals surface area contributed by atoms with Crippen LogP contribution in [0.2, 0.25) is 0 Å². The predicted octanol–water partition coefficient (Wildman–Crippen LogP) is 6.49. The highest BCUT2D eigenvalue weighted by Gasteiger charge is 2.31. The van der Waals surface area contributed by atoms with Gasteiger partial charge in [-0.05, 0) is 87.5 Å². The fraction of sp³-hybridized carbons (Fsp3) is 0.162. The summed E-state index contributed by atoms with van der Waals surface area (Å²) in [7, 11) is -3.63. The Kier molecular flexibility index (Phi) is 7.41. The van der Waals surface area contributed by atoms with Gasteiger partial charge in [-0.1, -0.05) is 97.4 Å². The largest absolute Gasteiger partial charge is 0.361 e. The number of fused-ring (bicyclic) bond motifs is 5. The SMILES string of the molecule is C1=CNc2ccccc2C=C1.Cc1ccc(S(=O)(=O)C2=c3ccc4c(c3CCC2C)C(C#N)C=c2ccccc2=4)cc1. The summed E-state index contributed by atoms with van der Waals surface area (Å²) in [5, 5.41) is 17.1. The zero-order valence-corrected chi connectivity index (χ0v) is 24.5. The molecule has 0 saturated heterocycles. The van der Waals surface area contributed by atoms with Crippen molar-refractivity contribution < 1.29 is 8.42 Å². The summed E-state index contributed by atoms with van der Waals surface area (Å²) in [6.45, 7) is 3.94. The van der Waals surface area contributed by atoms with Gasteiger partial charge in [0.2, 0.25) is 9.84 Å². The predicted molar refractivity (Wildman–Crippen MR) is 170 cm³/mol. The van der Waals surface area contributed by atoms with Gasteiger partial charge in [-0.3, -0.25) is 0 Å². The fourth-order valence-electron chi connectivity index (χ4n) is 6.15. The van der Waals surface area contributed by atoms with Gasteiger partial charge in [0, 0.05) is 11.9 Å². The Labute approximate surface area is 246 Å². The van der Waals surface area contributed by atoms with Crippen LogP contribution in [0.25, 0.3) is 17.1 Å². The molecule has 5 heteroatoms. The lowest BCUT2D eigenvalue weighted by Crippen LogP contribution is -2.30. The second-order valence-electron chi connectivity index (χ2n) is 11.0. The van der Waals surface area contributed by atoms with Crippen molar-refractivity contribution in [3.63, 3.8) is 0 Å². The maximum Gasteiger partial charge on any atom is 0.203 e. The molecule has 0 spiro atoms. The molecule has 3 aliphatic rings. The molecular formula is C37H32N2O2S. The van der Waals surface area contributed by atoms with E-state index in [1.807, 2.05) is 92.9 Å². The molecule has 0 saturated carbocycles. The van der Waals surface area contributed by atoms with Crippen LogP contribution in [-0.2, 0) is 16.3 Å². The highest BCUT2D eigenvalue weighted by molar-refractivity contribution is 8.00. The Morgan fingerprint density at radius 3 is 2.40 bits per heavy atom. The Morgan fingerprint density at radius 1 is 0.857 bits per heavy atom. The van der Waals surface area contributed by atoms with Crippen LogP contribution >= 0.6 is 0 Å². The van der Waals surface area contributed by atoms with Gasteiger partial charge < -0.3 is 5.32 Å². The van der Waals surface area contributed by atoms with E-state index >= 15 is 0 Å². The summed E-state index contributed by atoms with van der Waals surface area (Å²) in [4.78, 5) is 0.815. The highest BCUT2D eigenvalue weighted by Crippen LogP contribution is 2.34. The zero-order chi connectivity index (χ0) is 29.3. The van der Waals surface area contributed by atoms with Crippen molar-refractivity contribution in [2.45, 2.75) is 37.5 Å². The lowest BCUT2D eigenvalue weighted by Gasteiger charge is -2.26. The molecule has 0 fully saturated rings. The van der Waals surface area contributed by atoms with Gasteiger partial charge in [-0.15, -0.1) is 0 Å². The van der Waals surface area contributed by atoms with E-state index in [0.717, 1.165) is 56.1 Å². The minimum Gasteiger partial charge on any atom is -0.361 e. The van der Waals surface area contributed by atoms with Crippen molar-refractivity contribution in [3.8, 4) is 6.07 Å². The molecule has 4 aromatic rings. The van der Waals surface area contributed by atoms with Gasteiger partial charge in [0.05, 0.1) is 21.8 Å². The third kappa shape index (κ3) is 5.00. The van der Waals surface area contributed by atoms with E-state index in [-0.39, 0.29) is 11.8 Å². The first kappa shape index (κ1) is 27.5. The molecule has 7 rings (SSSR count). The lowest BCUT2D eigenvalue weighted by molar-refractivity contribution is 0.590. The van der Waals surface area contributed by atoms with Crippen molar-refractivity contribution in [2.24, 2.45) is 5.92 Å². The van der Waals surface area contributed by atoms with Gasteiger partial charge >= 0.3 is 0 Å². The lowest BCUT2D eigenvalue weighted by atomic mass is 9.81. The molecule has 0 radical (unpaired) electrons. The molecule has 1 aliphatic heterocycles. The number of allylic oxidation sites excluding steroid dienone is 2. The van der Waals surface area contributed by atoms with Crippen LogP contribution in [-0.4, -0.2) is 8.42 Å². The van der Waals surface area contributed by atoms with Gasteiger partial charge in [-0.2, -0.15) is 5.26 Å². The summed E-state index contributed by atoms with van der Waals surface area (Å²) in [5.41, 5.74) is 5.41. The molecule has 208 valence electrons. The zero-order valence-electron chi connectivity index (χ0n) is 23.7. The number of para-hydroxylation sites is 1. The number of rotatable bonds is 2. The van der Waals surface area contributed by atoms with Crippen molar-refractivity contribution in [1.82, 2.24) is 0 Å². The van der Waals surface area contributed by atoms with Gasteiger partial charge in [0.15, 0.2) is 0 Å². The standard InChI is InChI=1S/C27H23NO2S.C10H9N/c1-17-7-10-21(11-8-17)31(29,30)27-18(2)9-12-24-25(27)14-13-23-22-6-4-3-5-19(22)15-20(16-28)26(23)24;1-2-7-10-9(5-1)6-3-4-8-11-10/h3-8,10-11,13-15,18,20H,9,12H2,1-2H3;1-8,11H. The first-order valence-corrected chi connectivity index (χ1v) is 15.7. The molecular weight excluding hydrogens is 536 g/mol. The average Bonchev–Trinajstić information content (AvgIpc) is 3.26. The van der Waals surface area contributed by atoms with Crippen LogP contribution in [0.1, 0.15) is 41.5 Å². The molecule has 4 nitrogen and oxygen atoms in total. The molecule has 42 heavy (non-hydrogen) atoms. The topological polar surface area (TPSA) is 70.0 Å². The number of sulfone groups is 1. The Balaban J connectivity index is 0.000000240. The molecule has 2 unspecified atom stereocenters. The Morgan fingerprint density at radius 2 is 1.60 bits per heavy atom. The summed E-state index contributed by atoms with van der Waals surface area (Å²) >= 11 is 0. The number of aryl methyl sites for hydroxylation is 1. The highest BCUT2D eigenvalue weighted by atomic mass is 32.2. The van der Waals surface area contributed by atoms with E-state index in [2.05, 4.69) is 35.7 Å². The van der Waals surface area contributed by atoms with Gasteiger partial charge in [0.25, 0.3) is 0 Å². The van der Waals surface area contributed by atoms with Crippen LogP contribution in [0.3, 0.4) is 0 Å². The summed E-state index contributed by atoms with van der Waals surface area (Å²) in [5.74, 6) is -0.450. The van der Waals surface area contributed by atoms with E-state index < -0.39 is 9.84 Å². The number of nitrogens with zero attached hydrogens (tertiary/aromatic N) is 1. The van der Waals surface area contributed by atoms with Crippen LogP contribution in [0.15, 0.2) is 108 Å². The monoisotopic (exact) mass is 568 g/mol. The normalized spacial score (nSPS) is 17.9. The Bertz CT molecular complexity index is 2120. The number of hydrogen-bond donors (Lipinski definition) is 1. The molecule has 4 aromatic carbocycles. The van der Waals surface area contributed by atoms with Crippen molar-refractivity contribution in [2.75, 3.05) is 5.32 Å². The molecule has 1 N–H and O–H groups in total. The average molecular weight is 569 g/mol. The quantitative estimate of drug-likeness (QED) is 0.300. The first-order chi connectivity index (χ1) is 20.4. The number of nitrogens with one attached hydrogen (secondary N) is 1. The number of benzene rings is 4. The molecule has 1 heterocycles. The number of anilines is 1. The summed E-state index contributed by atoms with van der Waals surface area (Å²) < 4.78 is 27.4. The first-order valence-electron chi connectivity index (χ1n) is 14.3. The van der Waals surface area contributed by atoms with Gasteiger partial charge in [-0.25, -0.2) is 8.42 Å². The molecule has 0 amide bonds. The third-order valence-corrected chi connectivity index (χ3v) is 10.3. The minimum absolute atomic E-state index is 0.0720. The molecule has 2 atom stereocenters. The van der Waals surface area contributed by atoms with E-state index in [0.29, 0.717) is 9.80 Å². The van der Waals surface area contributed by atoms with Crippen LogP contribution in [0, 0.1) is 34.6 Å².